The third-order valence-corrected chi connectivity index (χ3v) is 4.33. The molecule has 0 bridgehead atoms. The van der Waals surface area contributed by atoms with E-state index in [2.05, 4.69) is 20.6 Å². The van der Waals surface area contributed by atoms with Crippen LogP contribution in [0.4, 0.5) is 10.1 Å². The van der Waals surface area contributed by atoms with Gasteiger partial charge < -0.3 is 5.32 Å². The van der Waals surface area contributed by atoms with E-state index in [1.54, 1.807) is 19.1 Å². The van der Waals surface area contributed by atoms with E-state index in [-0.39, 0.29) is 12.2 Å². The maximum atomic E-state index is 13.4. The summed E-state index contributed by atoms with van der Waals surface area (Å²) in [6.45, 7) is 1.77. The molecule has 2 aromatic heterocycles. The largest absolute Gasteiger partial charge is 0.325 e. The summed E-state index contributed by atoms with van der Waals surface area (Å²) in [4.78, 5) is 24.6. The van der Waals surface area contributed by atoms with Gasteiger partial charge in [-0.05, 0) is 30.7 Å². The van der Waals surface area contributed by atoms with Crippen LogP contribution in [0.15, 0.2) is 59.4 Å². The number of halogens is 1. The molecule has 0 aliphatic heterocycles. The van der Waals surface area contributed by atoms with Crippen molar-refractivity contribution in [1.29, 1.82) is 0 Å². The number of anilines is 1. The van der Waals surface area contributed by atoms with Crippen molar-refractivity contribution in [1.82, 2.24) is 19.8 Å². The van der Waals surface area contributed by atoms with E-state index in [4.69, 9.17) is 0 Å². The van der Waals surface area contributed by atoms with Crippen molar-refractivity contribution in [3.05, 3.63) is 82.2 Å². The lowest BCUT2D eigenvalue weighted by Gasteiger charge is -2.08. The van der Waals surface area contributed by atoms with Gasteiger partial charge in [0.2, 0.25) is 5.91 Å². The van der Waals surface area contributed by atoms with Gasteiger partial charge in [-0.2, -0.15) is 10.2 Å². The SMILES string of the molecule is Cc1ccc(F)cc1NC(=O)Cc1n[nH]c(=O)c2cc(-c3ccccc3)nn12. The van der Waals surface area contributed by atoms with E-state index < -0.39 is 17.3 Å². The first-order valence-corrected chi connectivity index (χ1v) is 8.60. The highest BCUT2D eigenvalue weighted by molar-refractivity contribution is 5.92. The minimum absolute atomic E-state index is 0.140. The van der Waals surface area contributed by atoms with Crippen molar-refractivity contribution in [2.45, 2.75) is 13.3 Å². The lowest BCUT2D eigenvalue weighted by atomic mass is 10.1. The number of amides is 1. The van der Waals surface area contributed by atoms with Gasteiger partial charge in [0.25, 0.3) is 5.56 Å². The lowest BCUT2D eigenvalue weighted by molar-refractivity contribution is -0.115. The van der Waals surface area contributed by atoms with Crippen molar-refractivity contribution in [3.8, 4) is 11.3 Å². The standard InChI is InChI=1S/C20H16FN5O2/c1-12-7-8-14(21)9-15(12)22-19(27)11-18-23-24-20(28)17-10-16(25-26(17)18)13-5-3-2-4-6-13/h2-10H,11H2,1H3,(H,22,27)(H,24,28). The first-order chi connectivity index (χ1) is 13.5. The van der Waals surface area contributed by atoms with Gasteiger partial charge >= 0.3 is 0 Å². The molecule has 0 aliphatic carbocycles. The summed E-state index contributed by atoms with van der Waals surface area (Å²) >= 11 is 0. The number of H-pyrrole nitrogens is 1. The summed E-state index contributed by atoms with van der Waals surface area (Å²) < 4.78 is 14.8. The smallest absolute Gasteiger partial charge is 0.290 e. The zero-order chi connectivity index (χ0) is 19.7. The summed E-state index contributed by atoms with van der Waals surface area (Å²) in [7, 11) is 0. The molecule has 2 heterocycles. The number of benzene rings is 2. The monoisotopic (exact) mass is 377 g/mol. The van der Waals surface area contributed by atoms with Gasteiger partial charge in [-0.25, -0.2) is 14.0 Å². The van der Waals surface area contributed by atoms with Crippen molar-refractivity contribution in [3.63, 3.8) is 0 Å². The van der Waals surface area contributed by atoms with E-state index >= 15 is 0 Å². The van der Waals surface area contributed by atoms with Gasteiger partial charge in [0.1, 0.15) is 11.3 Å². The Morgan fingerprint density at radius 2 is 1.96 bits per heavy atom. The van der Waals surface area contributed by atoms with Gasteiger partial charge in [0.15, 0.2) is 5.82 Å². The number of aromatic amines is 1. The van der Waals surface area contributed by atoms with Crippen molar-refractivity contribution in [2.24, 2.45) is 0 Å². The van der Waals surface area contributed by atoms with Crippen LogP contribution in [0.2, 0.25) is 0 Å². The summed E-state index contributed by atoms with van der Waals surface area (Å²) in [6.07, 6.45) is -0.140. The number of aryl methyl sites for hydroxylation is 1. The zero-order valence-corrected chi connectivity index (χ0v) is 14.9. The van der Waals surface area contributed by atoms with E-state index in [1.807, 2.05) is 30.3 Å². The maximum absolute atomic E-state index is 13.4. The molecule has 0 atom stereocenters. The van der Waals surface area contributed by atoms with E-state index in [0.29, 0.717) is 16.9 Å². The second kappa shape index (κ2) is 7.07. The third kappa shape index (κ3) is 3.39. The van der Waals surface area contributed by atoms with Crippen molar-refractivity contribution >= 4 is 17.1 Å². The molecule has 0 saturated carbocycles. The summed E-state index contributed by atoms with van der Waals surface area (Å²) in [5.74, 6) is -0.570. The number of rotatable bonds is 4. The molecule has 28 heavy (non-hydrogen) atoms. The molecular formula is C20H16FN5O2. The molecule has 140 valence electrons. The Balaban J connectivity index is 1.66. The van der Waals surface area contributed by atoms with Crippen LogP contribution in [-0.4, -0.2) is 25.7 Å². The van der Waals surface area contributed by atoms with Gasteiger partial charge in [0, 0.05) is 11.3 Å². The predicted octanol–water partition coefficient (Wildman–Crippen LogP) is 2.71. The molecule has 8 heteroatoms. The number of carbonyl (C=O) groups excluding carboxylic acids is 1. The highest BCUT2D eigenvalue weighted by Crippen LogP contribution is 2.19. The Labute approximate surface area is 158 Å². The van der Waals surface area contributed by atoms with Crippen LogP contribution in [0.5, 0.6) is 0 Å². The quantitative estimate of drug-likeness (QED) is 0.572. The molecule has 4 rings (SSSR count). The van der Waals surface area contributed by atoms with Crippen molar-refractivity contribution in [2.75, 3.05) is 5.32 Å². The number of nitrogens with zero attached hydrogens (tertiary/aromatic N) is 3. The van der Waals surface area contributed by atoms with Crippen LogP contribution in [-0.2, 0) is 11.2 Å². The molecule has 0 saturated heterocycles. The van der Waals surface area contributed by atoms with Crippen LogP contribution < -0.4 is 10.9 Å². The summed E-state index contributed by atoms with van der Waals surface area (Å²) in [6, 6.07) is 15.2. The van der Waals surface area contributed by atoms with Gasteiger partial charge in [-0.15, -0.1) is 0 Å². The van der Waals surface area contributed by atoms with E-state index in [9.17, 15) is 14.0 Å². The number of fused-ring (bicyclic) bond motifs is 1. The lowest BCUT2D eigenvalue weighted by Crippen LogP contribution is -2.22. The Hall–Kier alpha value is -3.81. The topological polar surface area (TPSA) is 92.1 Å². The van der Waals surface area contributed by atoms with E-state index in [1.165, 1.54) is 16.6 Å². The van der Waals surface area contributed by atoms with E-state index in [0.717, 1.165) is 11.1 Å². The fourth-order valence-electron chi connectivity index (χ4n) is 2.89. The number of aromatic nitrogens is 4. The van der Waals surface area contributed by atoms with Crippen LogP contribution >= 0.6 is 0 Å². The van der Waals surface area contributed by atoms with Gasteiger partial charge in [0.05, 0.1) is 12.1 Å². The first kappa shape index (κ1) is 17.6. The Kier molecular flexibility index (Phi) is 4.44. The Morgan fingerprint density at radius 3 is 2.75 bits per heavy atom. The molecule has 0 radical (unpaired) electrons. The fraction of sp³-hybridized carbons (Fsp3) is 0.100. The minimum atomic E-state index is -0.440. The minimum Gasteiger partial charge on any atom is -0.325 e. The molecule has 0 aliphatic rings. The summed E-state index contributed by atoms with van der Waals surface area (Å²) in [5.41, 5.74) is 2.45. The maximum Gasteiger partial charge on any atom is 0.290 e. The molecule has 0 unspecified atom stereocenters. The van der Waals surface area contributed by atoms with Crippen LogP contribution in [0.3, 0.4) is 0 Å². The highest BCUT2D eigenvalue weighted by atomic mass is 19.1. The van der Waals surface area contributed by atoms with Crippen LogP contribution in [0, 0.1) is 12.7 Å². The van der Waals surface area contributed by atoms with Gasteiger partial charge in [-0.3, -0.25) is 9.59 Å². The second-order valence-corrected chi connectivity index (χ2v) is 6.35. The van der Waals surface area contributed by atoms with Crippen molar-refractivity contribution < 1.29 is 9.18 Å². The number of nitrogens with one attached hydrogen (secondary N) is 2. The number of hydrogen-bond donors (Lipinski definition) is 2. The molecular weight excluding hydrogens is 361 g/mol. The summed E-state index contributed by atoms with van der Waals surface area (Å²) in [5, 5.41) is 13.4. The van der Waals surface area contributed by atoms with Crippen LogP contribution in [0.1, 0.15) is 11.4 Å². The zero-order valence-electron chi connectivity index (χ0n) is 14.9. The molecule has 2 aromatic carbocycles. The number of hydrogen-bond acceptors (Lipinski definition) is 4. The predicted molar refractivity (Wildman–Crippen MR) is 103 cm³/mol. The molecule has 2 N–H and O–H groups in total. The Bertz CT molecular complexity index is 1230. The van der Waals surface area contributed by atoms with Gasteiger partial charge in [-0.1, -0.05) is 36.4 Å². The Morgan fingerprint density at radius 1 is 1.18 bits per heavy atom. The normalized spacial score (nSPS) is 10.9. The average Bonchev–Trinajstić information content (AvgIpc) is 3.14. The average molecular weight is 377 g/mol. The molecule has 4 aromatic rings. The first-order valence-electron chi connectivity index (χ1n) is 8.60. The van der Waals surface area contributed by atoms with Crippen LogP contribution in [0.25, 0.3) is 16.8 Å². The molecule has 7 nitrogen and oxygen atoms in total. The fourth-order valence-corrected chi connectivity index (χ4v) is 2.89. The second-order valence-electron chi connectivity index (χ2n) is 6.35. The highest BCUT2D eigenvalue weighted by Gasteiger charge is 2.15. The third-order valence-electron chi connectivity index (χ3n) is 4.33. The molecule has 0 fully saturated rings. The number of carbonyl (C=O) groups is 1. The molecule has 1 amide bonds. The molecule has 0 spiro atoms.